The first kappa shape index (κ1) is 7.25. The maximum atomic E-state index is 3.87. The minimum Gasteiger partial charge on any atom is -0.252 e. The molecule has 0 bridgehead atoms. The lowest BCUT2D eigenvalue weighted by atomic mass is 10.1. The van der Waals surface area contributed by atoms with Gasteiger partial charge in [-0.1, -0.05) is 25.5 Å². The molecule has 0 aliphatic heterocycles. The number of hydrogen-bond acceptors (Lipinski definition) is 2. The van der Waals surface area contributed by atoms with E-state index in [0.717, 1.165) is 6.54 Å². The van der Waals surface area contributed by atoms with Crippen molar-refractivity contribution in [3.63, 3.8) is 0 Å². The monoisotopic (exact) mass is 139 g/mol. The second-order valence-electron chi connectivity index (χ2n) is 2.64. The van der Waals surface area contributed by atoms with Crippen LogP contribution in [0.25, 0.3) is 0 Å². The van der Waals surface area contributed by atoms with Gasteiger partial charge < -0.3 is 0 Å². The van der Waals surface area contributed by atoms with Gasteiger partial charge in [0.2, 0.25) is 0 Å². The first-order valence-corrected chi connectivity index (χ1v) is 3.67. The van der Waals surface area contributed by atoms with Crippen molar-refractivity contribution in [2.24, 2.45) is 5.92 Å². The molecule has 0 saturated heterocycles. The van der Waals surface area contributed by atoms with Crippen molar-refractivity contribution >= 4 is 0 Å². The predicted molar refractivity (Wildman–Crippen MR) is 39.5 cm³/mol. The summed E-state index contributed by atoms with van der Waals surface area (Å²) in [5, 5.41) is 7.59. The van der Waals surface area contributed by atoms with Crippen LogP contribution in [0.4, 0.5) is 0 Å². The third-order valence-corrected chi connectivity index (χ3v) is 1.67. The van der Waals surface area contributed by atoms with E-state index in [-0.39, 0.29) is 0 Å². The molecule has 0 aliphatic rings. The fourth-order valence-electron chi connectivity index (χ4n) is 0.779. The first-order chi connectivity index (χ1) is 4.83. The average molecular weight is 139 g/mol. The Hall–Kier alpha value is -0.860. The second kappa shape index (κ2) is 3.34. The molecule has 1 rings (SSSR count). The maximum absolute atomic E-state index is 3.87. The topological polar surface area (TPSA) is 30.7 Å². The van der Waals surface area contributed by atoms with Crippen molar-refractivity contribution < 1.29 is 0 Å². The van der Waals surface area contributed by atoms with Crippen molar-refractivity contribution in [2.45, 2.75) is 26.8 Å². The molecule has 1 aromatic rings. The Morgan fingerprint density at radius 3 is 2.90 bits per heavy atom. The zero-order valence-corrected chi connectivity index (χ0v) is 6.49. The van der Waals surface area contributed by atoms with Gasteiger partial charge >= 0.3 is 0 Å². The van der Waals surface area contributed by atoms with Crippen molar-refractivity contribution in [3.8, 4) is 0 Å². The van der Waals surface area contributed by atoms with Gasteiger partial charge in [0.15, 0.2) is 0 Å². The Kier molecular flexibility index (Phi) is 2.42. The normalized spacial score (nSPS) is 13.4. The van der Waals surface area contributed by atoms with Crippen LogP contribution in [0.3, 0.4) is 0 Å². The molecule has 10 heavy (non-hydrogen) atoms. The summed E-state index contributed by atoms with van der Waals surface area (Å²) in [6, 6.07) is 0. The molecule has 1 unspecified atom stereocenters. The van der Waals surface area contributed by atoms with Gasteiger partial charge in [0.25, 0.3) is 0 Å². The van der Waals surface area contributed by atoms with Gasteiger partial charge in [-0.15, -0.1) is 5.10 Å². The van der Waals surface area contributed by atoms with Gasteiger partial charge in [0.05, 0.1) is 6.20 Å². The van der Waals surface area contributed by atoms with E-state index in [9.17, 15) is 0 Å². The third-order valence-electron chi connectivity index (χ3n) is 1.67. The Bertz CT molecular complexity index is 169. The molecule has 0 fully saturated rings. The highest BCUT2D eigenvalue weighted by Gasteiger charge is 1.98. The minimum absolute atomic E-state index is 0.696. The molecule has 0 radical (unpaired) electrons. The van der Waals surface area contributed by atoms with Gasteiger partial charge in [-0.05, 0) is 5.92 Å². The molecule has 56 valence electrons. The number of nitrogens with zero attached hydrogens (tertiary/aromatic N) is 3. The fourth-order valence-corrected chi connectivity index (χ4v) is 0.779. The second-order valence-corrected chi connectivity index (χ2v) is 2.64. The van der Waals surface area contributed by atoms with Crippen LogP contribution >= 0.6 is 0 Å². The van der Waals surface area contributed by atoms with Gasteiger partial charge in [-0.25, -0.2) is 0 Å². The third kappa shape index (κ3) is 1.83. The summed E-state index contributed by atoms with van der Waals surface area (Å²) in [6.07, 6.45) is 4.80. The molecule has 0 aromatic carbocycles. The summed E-state index contributed by atoms with van der Waals surface area (Å²) in [5.41, 5.74) is 0. The molecule has 3 nitrogen and oxygen atoms in total. The van der Waals surface area contributed by atoms with Crippen molar-refractivity contribution in [1.82, 2.24) is 15.0 Å². The molecular weight excluding hydrogens is 126 g/mol. The molecule has 0 aliphatic carbocycles. The van der Waals surface area contributed by atoms with Crippen LogP contribution < -0.4 is 0 Å². The molecule has 1 heterocycles. The Balaban J connectivity index is 2.40. The van der Waals surface area contributed by atoms with Crippen LogP contribution in [0.15, 0.2) is 12.4 Å². The van der Waals surface area contributed by atoms with E-state index in [2.05, 4.69) is 24.2 Å². The maximum Gasteiger partial charge on any atom is 0.0692 e. The lowest BCUT2D eigenvalue weighted by Crippen LogP contribution is -2.06. The smallest absolute Gasteiger partial charge is 0.0692 e. The van der Waals surface area contributed by atoms with E-state index in [1.165, 1.54) is 6.42 Å². The number of rotatable bonds is 3. The number of aromatic nitrogens is 3. The zero-order valence-electron chi connectivity index (χ0n) is 6.49. The summed E-state index contributed by atoms with van der Waals surface area (Å²) >= 11 is 0. The van der Waals surface area contributed by atoms with Crippen LogP contribution in [0.1, 0.15) is 20.3 Å². The summed E-state index contributed by atoms with van der Waals surface area (Å²) in [4.78, 5) is 0. The highest BCUT2D eigenvalue weighted by Crippen LogP contribution is 2.02. The van der Waals surface area contributed by atoms with E-state index in [1.807, 2.05) is 10.9 Å². The SMILES string of the molecule is CCC(C)Cn1ccnn1. The molecule has 0 amide bonds. The van der Waals surface area contributed by atoms with Gasteiger partial charge in [0.1, 0.15) is 0 Å². The standard InChI is InChI=1S/C7H13N3/c1-3-7(2)6-10-5-4-8-9-10/h4-5,7H,3,6H2,1-2H3. The zero-order chi connectivity index (χ0) is 7.40. The molecule has 1 atom stereocenters. The average Bonchev–Trinajstić information content (AvgIpc) is 2.40. The molecule has 0 N–H and O–H groups in total. The fraction of sp³-hybridized carbons (Fsp3) is 0.714. The largest absolute Gasteiger partial charge is 0.252 e. The van der Waals surface area contributed by atoms with E-state index in [1.54, 1.807) is 6.20 Å². The van der Waals surface area contributed by atoms with Gasteiger partial charge in [-0.2, -0.15) is 0 Å². The van der Waals surface area contributed by atoms with E-state index < -0.39 is 0 Å². The molecule has 0 saturated carbocycles. The summed E-state index contributed by atoms with van der Waals surface area (Å²) in [6.45, 7) is 5.37. The Labute approximate surface area is 61.1 Å². The quantitative estimate of drug-likeness (QED) is 0.632. The van der Waals surface area contributed by atoms with Gasteiger partial charge in [0, 0.05) is 12.7 Å². The van der Waals surface area contributed by atoms with E-state index in [0.29, 0.717) is 5.92 Å². The first-order valence-electron chi connectivity index (χ1n) is 3.67. The van der Waals surface area contributed by atoms with Crippen LogP contribution in [-0.2, 0) is 6.54 Å². The molecule has 3 heteroatoms. The number of hydrogen-bond donors (Lipinski definition) is 0. The predicted octanol–water partition coefficient (Wildman–Crippen LogP) is 1.32. The van der Waals surface area contributed by atoms with Crippen molar-refractivity contribution in [2.75, 3.05) is 0 Å². The van der Waals surface area contributed by atoms with E-state index in [4.69, 9.17) is 0 Å². The van der Waals surface area contributed by atoms with Crippen LogP contribution in [0.2, 0.25) is 0 Å². The van der Waals surface area contributed by atoms with Gasteiger partial charge in [-0.3, -0.25) is 4.68 Å². The lowest BCUT2D eigenvalue weighted by molar-refractivity contribution is 0.431. The highest BCUT2D eigenvalue weighted by molar-refractivity contribution is 4.64. The van der Waals surface area contributed by atoms with Crippen LogP contribution in [-0.4, -0.2) is 15.0 Å². The molecule has 1 aromatic heterocycles. The highest BCUT2D eigenvalue weighted by atomic mass is 15.4. The molecule has 0 spiro atoms. The van der Waals surface area contributed by atoms with Crippen molar-refractivity contribution in [3.05, 3.63) is 12.4 Å². The Morgan fingerprint density at radius 2 is 2.40 bits per heavy atom. The van der Waals surface area contributed by atoms with Crippen molar-refractivity contribution in [1.29, 1.82) is 0 Å². The summed E-state index contributed by atoms with van der Waals surface area (Å²) < 4.78 is 1.87. The summed E-state index contributed by atoms with van der Waals surface area (Å²) in [7, 11) is 0. The van der Waals surface area contributed by atoms with Crippen LogP contribution in [0, 0.1) is 5.92 Å². The molecular formula is C7H13N3. The lowest BCUT2D eigenvalue weighted by Gasteiger charge is -2.05. The van der Waals surface area contributed by atoms with E-state index >= 15 is 0 Å². The summed E-state index contributed by atoms with van der Waals surface area (Å²) in [5.74, 6) is 0.696. The Morgan fingerprint density at radius 1 is 1.60 bits per heavy atom. The van der Waals surface area contributed by atoms with Crippen LogP contribution in [0.5, 0.6) is 0 Å². The minimum atomic E-state index is 0.696.